The fraction of sp³-hybridized carbons (Fsp3) is 0.385. The second-order valence-electron chi connectivity index (χ2n) is 3.74. The van der Waals surface area contributed by atoms with Gasteiger partial charge in [0.15, 0.2) is 0 Å². The molecular formula is C13H17NO. The molecule has 15 heavy (non-hydrogen) atoms. The van der Waals surface area contributed by atoms with Crippen LogP contribution in [0.25, 0.3) is 0 Å². The maximum absolute atomic E-state index is 5.35. The Balaban J connectivity index is 2.12. The first kappa shape index (κ1) is 10.4. The topological polar surface area (TPSA) is 12.5 Å². The predicted molar refractivity (Wildman–Crippen MR) is 61.8 cm³/mol. The van der Waals surface area contributed by atoms with Crippen molar-refractivity contribution in [2.24, 2.45) is 0 Å². The molecule has 0 spiro atoms. The van der Waals surface area contributed by atoms with Gasteiger partial charge in [-0.15, -0.1) is 6.58 Å². The van der Waals surface area contributed by atoms with Gasteiger partial charge in [-0.1, -0.05) is 36.4 Å². The molecule has 0 amide bonds. The molecule has 1 fully saturated rings. The van der Waals surface area contributed by atoms with E-state index in [2.05, 4.69) is 35.7 Å². The van der Waals surface area contributed by atoms with E-state index < -0.39 is 0 Å². The minimum atomic E-state index is 0.329. The summed E-state index contributed by atoms with van der Waals surface area (Å²) in [7, 11) is 0. The number of hydrogen-bond acceptors (Lipinski definition) is 2. The van der Waals surface area contributed by atoms with Crippen LogP contribution in [0.15, 0.2) is 43.0 Å². The molecule has 2 rings (SSSR count). The molecular weight excluding hydrogens is 186 g/mol. The molecule has 1 atom stereocenters. The first-order valence-corrected chi connectivity index (χ1v) is 5.41. The summed E-state index contributed by atoms with van der Waals surface area (Å²) >= 11 is 0. The quantitative estimate of drug-likeness (QED) is 0.699. The van der Waals surface area contributed by atoms with Crippen molar-refractivity contribution >= 4 is 0 Å². The largest absolute Gasteiger partial charge is 0.379 e. The minimum absolute atomic E-state index is 0.329. The Morgan fingerprint density at radius 1 is 1.20 bits per heavy atom. The van der Waals surface area contributed by atoms with Gasteiger partial charge in [-0.2, -0.15) is 0 Å². The van der Waals surface area contributed by atoms with E-state index in [4.69, 9.17) is 4.74 Å². The maximum atomic E-state index is 5.35. The third-order valence-corrected chi connectivity index (χ3v) is 2.80. The molecule has 1 unspecified atom stereocenters. The zero-order chi connectivity index (χ0) is 10.5. The lowest BCUT2D eigenvalue weighted by Crippen LogP contribution is -2.38. The van der Waals surface area contributed by atoms with Crippen molar-refractivity contribution in [3.63, 3.8) is 0 Å². The summed E-state index contributed by atoms with van der Waals surface area (Å²) < 4.78 is 5.35. The molecule has 1 aromatic carbocycles. The lowest BCUT2D eigenvalue weighted by molar-refractivity contribution is 0.0254. The number of hydrogen-bond donors (Lipinski definition) is 0. The number of ether oxygens (including phenoxy) is 1. The van der Waals surface area contributed by atoms with Crippen LogP contribution >= 0.6 is 0 Å². The normalized spacial score (nSPS) is 19.7. The van der Waals surface area contributed by atoms with E-state index in [9.17, 15) is 0 Å². The minimum Gasteiger partial charge on any atom is -0.379 e. The second kappa shape index (κ2) is 5.10. The number of morpholine rings is 1. The monoisotopic (exact) mass is 203 g/mol. The van der Waals surface area contributed by atoms with Gasteiger partial charge < -0.3 is 4.74 Å². The SMILES string of the molecule is C=CC(c1ccccc1)N1CCOCC1. The Labute approximate surface area is 91.2 Å². The van der Waals surface area contributed by atoms with Gasteiger partial charge in [0.25, 0.3) is 0 Å². The lowest BCUT2D eigenvalue weighted by Gasteiger charge is -2.32. The van der Waals surface area contributed by atoms with Gasteiger partial charge in [0.05, 0.1) is 19.3 Å². The lowest BCUT2D eigenvalue weighted by atomic mass is 10.1. The average Bonchev–Trinajstić information content (AvgIpc) is 2.33. The van der Waals surface area contributed by atoms with Gasteiger partial charge in [0.2, 0.25) is 0 Å². The van der Waals surface area contributed by atoms with Crippen molar-refractivity contribution in [3.05, 3.63) is 48.6 Å². The highest BCUT2D eigenvalue weighted by Gasteiger charge is 2.19. The number of rotatable bonds is 3. The van der Waals surface area contributed by atoms with E-state index >= 15 is 0 Å². The van der Waals surface area contributed by atoms with Crippen molar-refractivity contribution < 1.29 is 4.74 Å². The van der Waals surface area contributed by atoms with Gasteiger partial charge in [0.1, 0.15) is 0 Å². The summed E-state index contributed by atoms with van der Waals surface area (Å²) in [6.45, 7) is 7.57. The predicted octanol–water partition coefficient (Wildman–Crippen LogP) is 2.25. The highest BCUT2D eigenvalue weighted by molar-refractivity contribution is 5.22. The van der Waals surface area contributed by atoms with E-state index in [-0.39, 0.29) is 0 Å². The molecule has 2 heteroatoms. The fourth-order valence-corrected chi connectivity index (χ4v) is 2.00. The number of nitrogens with zero attached hydrogens (tertiary/aromatic N) is 1. The zero-order valence-corrected chi connectivity index (χ0v) is 8.93. The van der Waals surface area contributed by atoms with Crippen molar-refractivity contribution in [2.75, 3.05) is 26.3 Å². The van der Waals surface area contributed by atoms with E-state index in [1.54, 1.807) is 0 Å². The van der Waals surface area contributed by atoms with Gasteiger partial charge in [-0.05, 0) is 5.56 Å². The summed E-state index contributed by atoms with van der Waals surface area (Å²) in [4.78, 5) is 2.41. The van der Waals surface area contributed by atoms with Crippen LogP contribution < -0.4 is 0 Å². The van der Waals surface area contributed by atoms with Gasteiger partial charge in [-0.3, -0.25) is 4.90 Å². The van der Waals surface area contributed by atoms with Crippen LogP contribution in [0.5, 0.6) is 0 Å². The van der Waals surface area contributed by atoms with Crippen LogP contribution in [0.2, 0.25) is 0 Å². The molecule has 0 bridgehead atoms. The molecule has 0 aromatic heterocycles. The molecule has 1 aliphatic rings. The van der Waals surface area contributed by atoms with Gasteiger partial charge in [0, 0.05) is 13.1 Å². The molecule has 2 nitrogen and oxygen atoms in total. The zero-order valence-electron chi connectivity index (χ0n) is 8.93. The Morgan fingerprint density at radius 3 is 2.47 bits per heavy atom. The Hall–Kier alpha value is -1.12. The van der Waals surface area contributed by atoms with E-state index in [1.807, 2.05) is 12.1 Å². The van der Waals surface area contributed by atoms with E-state index in [1.165, 1.54) is 5.56 Å². The molecule has 0 saturated carbocycles. The van der Waals surface area contributed by atoms with Crippen molar-refractivity contribution in [1.29, 1.82) is 0 Å². The first-order valence-electron chi connectivity index (χ1n) is 5.41. The average molecular weight is 203 g/mol. The number of benzene rings is 1. The van der Waals surface area contributed by atoms with Crippen LogP contribution in [0.1, 0.15) is 11.6 Å². The van der Waals surface area contributed by atoms with E-state index in [0.29, 0.717) is 6.04 Å². The van der Waals surface area contributed by atoms with Crippen LogP contribution in [-0.4, -0.2) is 31.2 Å². The smallest absolute Gasteiger partial charge is 0.0594 e. The highest BCUT2D eigenvalue weighted by atomic mass is 16.5. The maximum Gasteiger partial charge on any atom is 0.0594 e. The third kappa shape index (κ3) is 2.46. The molecule has 0 aliphatic carbocycles. The van der Waals surface area contributed by atoms with Crippen molar-refractivity contribution in [2.45, 2.75) is 6.04 Å². The van der Waals surface area contributed by atoms with Crippen LogP contribution in [-0.2, 0) is 4.74 Å². The Bertz CT molecular complexity index is 304. The van der Waals surface area contributed by atoms with Crippen molar-refractivity contribution in [1.82, 2.24) is 4.90 Å². The summed E-state index contributed by atoms with van der Waals surface area (Å²) in [5, 5.41) is 0. The van der Waals surface area contributed by atoms with Crippen LogP contribution in [0, 0.1) is 0 Å². The van der Waals surface area contributed by atoms with Crippen LogP contribution in [0.4, 0.5) is 0 Å². The Kier molecular flexibility index (Phi) is 3.54. The molecule has 0 N–H and O–H groups in total. The van der Waals surface area contributed by atoms with Crippen molar-refractivity contribution in [3.8, 4) is 0 Å². The summed E-state index contributed by atoms with van der Waals surface area (Å²) in [5.41, 5.74) is 1.31. The highest BCUT2D eigenvalue weighted by Crippen LogP contribution is 2.22. The molecule has 1 saturated heterocycles. The summed E-state index contributed by atoms with van der Waals surface area (Å²) in [6, 6.07) is 10.8. The van der Waals surface area contributed by atoms with E-state index in [0.717, 1.165) is 26.3 Å². The second-order valence-corrected chi connectivity index (χ2v) is 3.74. The fourth-order valence-electron chi connectivity index (χ4n) is 2.00. The third-order valence-electron chi connectivity index (χ3n) is 2.80. The van der Waals surface area contributed by atoms with Crippen LogP contribution in [0.3, 0.4) is 0 Å². The molecule has 0 radical (unpaired) electrons. The summed E-state index contributed by atoms with van der Waals surface area (Å²) in [5.74, 6) is 0. The standard InChI is InChI=1S/C13H17NO/c1-2-13(12-6-4-3-5-7-12)14-8-10-15-11-9-14/h2-7,13H,1,8-11H2. The summed E-state index contributed by atoms with van der Waals surface area (Å²) in [6.07, 6.45) is 2.01. The molecule has 1 heterocycles. The van der Waals surface area contributed by atoms with Gasteiger partial charge >= 0.3 is 0 Å². The first-order chi connectivity index (χ1) is 7.42. The van der Waals surface area contributed by atoms with Gasteiger partial charge in [-0.25, -0.2) is 0 Å². The Morgan fingerprint density at radius 2 is 1.87 bits per heavy atom. The molecule has 1 aliphatic heterocycles. The molecule has 80 valence electrons. The molecule has 1 aromatic rings.